The van der Waals surface area contributed by atoms with Gasteiger partial charge in [-0.1, -0.05) is 0 Å². The molecule has 21 heavy (non-hydrogen) atoms. The van der Waals surface area contributed by atoms with E-state index in [2.05, 4.69) is 10.1 Å². The summed E-state index contributed by atoms with van der Waals surface area (Å²) >= 11 is 0. The zero-order chi connectivity index (χ0) is 15.6. The third-order valence-electron chi connectivity index (χ3n) is 2.90. The SMILES string of the molecule is NCC(=O)OC[C@H]1O[C@@H](n2cnc(C(N)=O)n2)[C@H](O)[C@@H]1O. The van der Waals surface area contributed by atoms with Crippen molar-refractivity contribution in [2.75, 3.05) is 13.2 Å². The second-order valence-corrected chi connectivity index (χ2v) is 4.35. The van der Waals surface area contributed by atoms with Gasteiger partial charge < -0.3 is 31.2 Å². The number of amides is 1. The smallest absolute Gasteiger partial charge is 0.319 e. The van der Waals surface area contributed by atoms with Gasteiger partial charge in [0, 0.05) is 0 Å². The highest BCUT2D eigenvalue weighted by Crippen LogP contribution is 2.28. The molecule has 0 radical (unpaired) electrons. The summed E-state index contributed by atoms with van der Waals surface area (Å²) in [5, 5.41) is 23.5. The molecule has 11 nitrogen and oxygen atoms in total. The molecule has 0 unspecified atom stereocenters. The molecule has 1 aromatic rings. The van der Waals surface area contributed by atoms with Crippen LogP contribution in [0.15, 0.2) is 6.33 Å². The van der Waals surface area contributed by atoms with Crippen LogP contribution in [-0.2, 0) is 14.3 Å². The van der Waals surface area contributed by atoms with E-state index in [1.165, 1.54) is 0 Å². The molecule has 11 heteroatoms. The fourth-order valence-corrected chi connectivity index (χ4v) is 1.83. The lowest BCUT2D eigenvalue weighted by molar-refractivity contribution is -0.148. The van der Waals surface area contributed by atoms with Gasteiger partial charge in [0.2, 0.25) is 5.82 Å². The molecule has 0 saturated carbocycles. The Bertz CT molecular complexity index is 534. The minimum absolute atomic E-state index is 0.252. The second-order valence-electron chi connectivity index (χ2n) is 4.35. The minimum Gasteiger partial charge on any atom is -0.462 e. The lowest BCUT2D eigenvalue weighted by Gasteiger charge is -2.14. The molecule has 1 saturated heterocycles. The molecule has 2 rings (SSSR count). The van der Waals surface area contributed by atoms with E-state index in [0.717, 1.165) is 11.0 Å². The molecule has 2 heterocycles. The first-order chi connectivity index (χ1) is 9.93. The molecule has 1 aromatic heterocycles. The second kappa shape index (κ2) is 6.13. The number of aromatic nitrogens is 3. The number of rotatable bonds is 5. The Balaban J connectivity index is 2.04. The van der Waals surface area contributed by atoms with Crippen molar-refractivity contribution in [1.29, 1.82) is 0 Å². The average molecular weight is 301 g/mol. The van der Waals surface area contributed by atoms with Crippen LogP contribution in [0.2, 0.25) is 0 Å². The van der Waals surface area contributed by atoms with Gasteiger partial charge in [-0.2, -0.15) is 0 Å². The van der Waals surface area contributed by atoms with Crippen molar-refractivity contribution in [3.05, 3.63) is 12.2 Å². The van der Waals surface area contributed by atoms with Crippen LogP contribution in [0.25, 0.3) is 0 Å². The summed E-state index contributed by atoms with van der Waals surface area (Å²) in [5.74, 6) is -1.76. The lowest BCUT2D eigenvalue weighted by atomic mass is 10.1. The maximum absolute atomic E-state index is 11.0. The van der Waals surface area contributed by atoms with Gasteiger partial charge in [-0.3, -0.25) is 9.59 Å². The van der Waals surface area contributed by atoms with Crippen LogP contribution in [0.5, 0.6) is 0 Å². The summed E-state index contributed by atoms with van der Waals surface area (Å²) in [4.78, 5) is 25.5. The lowest BCUT2D eigenvalue weighted by Crippen LogP contribution is -2.35. The van der Waals surface area contributed by atoms with Gasteiger partial charge in [-0.15, -0.1) is 5.10 Å². The topological polar surface area (TPSA) is 176 Å². The molecule has 0 spiro atoms. The number of esters is 1. The highest BCUT2D eigenvalue weighted by molar-refractivity contribution is 5.88. The van der Waals surface area contributed by atoms with Gasteiger partial charge in [0.25, 0.3) is 5.91 Å². The third kappa shape index (κ3) is 3.16. The molecule has 1 amide bonds. The number of nitrogens with two attached hydrogens (primary N) is 2. The predicted octanol–water partition coefficient (Wildman–Crippen LogP) is -3.50. The Labute approximate surface area is 118 Å². The Hall–Kier alpha value is -2.08. The minimum atomic E-state index is -1.34. The van der Waals surface area contributed by atoms with Gasteiger partial charge in [0.15, 0.2) is 6.23 Å². The van der Waals surface area contributed by atoms with Crippen molar-refractivity contribution in [3.63, 3.8) is 0 Å². The van der Waals surface area contributed by atoms with Gasteiger partial charge in [0.1, 0.15) is 31.2 Å². The highest BCUT2D eigenvalue weighted by atomic mass is 16.6. The van der Waals surface area contributed by atoms with E-state index in [0.29, 0.717) is 0 Å². The summed E-state index contributed by atoms with van der Waals surface area (Å²) in [5.41, 5.74) is 10.1. The van der Waals surface area contributed by atoms with Crippen LogP contribution in [0.4, 0.5) is 0 Å². The van der Waals surface area contributed by atoms with Gasteiger partial charge in [-0.25, -0.2) is 9.67 Å². The normalized spacial score (nSPS) is 28.5. The van der Waals surface area contributed by atoms with Crippen LogP contribution >= 0.6 is 0 Å². The Morgan fingerprint density at radius 1 is 1.43 bits per heavy atom. The van der Waals surface area contributed by atoms with Crippen molar-refractivity contribution < 1.29 is 29.3 Å². The molecule has 0 aromatic carbocycles. The first kappa shape index (κ1) is 15.3. The van der Waals surface area contributed by atoms with E-state index in [9.17, 15) is 19.8 Å². The maximum atomic E-state index is 11.0. The highest BCUT2D eigenvalue weighted by Gasteiger charge is 2.44. The zero-order valence-corrected chi connectivity index (χ0v) is 10.8. The molecule has 0 aliphatic carbocycles. The van der Waals surface area contributed by atoms with Crippen molar-refractivity contribution in [2.24, 2.45) is 11.5 Å². The Morgan fingerprint density at radius 2 is 2.14 bits per heavy atom. The first-order valence-electron chi connectivity index (χ1n) is 6.02. The van der Waals surface area contributed by atoms with E-state index in [-0.39, 0.29) is 19.0 Å². The monoisotopic (exact) mass is 301 g/mol. The molecule has 116 valence electrons. The number of aliphatic hydroxyl groups is 2. The Kier molecular flexibility index (Phi) is 4.47. The van der Waals surface area contributed by atoms with E-state index in [4.69, 9.17) is 20.9 Å². The van der Waals surface area contributed by atoms with E-state index < -0.39 is 36.4 Å². The molecule has 0 bridgehead atoms. The molecular formula is C10H15N5O6. The van der Waals surface area contributed by atoms with Crippen LogP contribution in [0.1, 0.15) is 16.8 Å². The van der Waals surface area contributed by atoms with Crippen LogP contribution in [0.3, 0.4) is 0 Å². The van der Waals surface area contributed by atoms with E-state index in [1.54, 1.807) is 0 Å². The van der Waals surface area contributed by atoms with Crippen molar-refractivity contribution >= 4 is 11.9 Å². The fourth-order valence-electron chi connectivity index (χ4n) is 1.83. The number of ether oxygens (including phenoxy) is 2. The fraction of sp³-hybridized carbons (Fsp3) is 0.600. The summed E-state index contributed by atoms with van der Waals surface area (Å²) in [6, 6.07) is 0. The number of aliphatic hydroxyl groups excluding tert-OH is 2. The molecule has 1 aliphatic rings. The van der Waals surface area contributed by atoms with Gasteiger partial charge >= 0.3 is 5.97 Å². The summed E-state index contributed by atoms with van der Waals surface area (Å²) in [7, 11) is 0. The summed E-state index contributed by atoms with van der Waals surface area (Å²) in [6.45, 7) is -0.581. The quantitative estimate of drug-likeness (QED) is 0.402. The standard InChI is InChI=1S/C10H15N5O6/c11-1-5(16)20-2-4-6(17)7(18)10(21-4)15-3-13-9(14-15)8(12)19/h3-4,6-7,10,17-18H,1-2,11H2,(H2,12,19)/t4-,6-,7-,10-/m1/s1. The third-order valence-corrected chi connectivity index (χ3v) is 2.90. The van der Waals surface area contributed by atoms with Gasteiger partial charge in [0.05, 0.1) is 6.54 Å². The molecule has 6 N–H and O–H groups in total. The maximum Gasteiger partial charge on any atom is 0.319 e. The van der Waals surface area contributed by atoms with Crippen LogP contribution in [-0.4, -0.2) is 68.3 Å². The number of carbonyl (C=O) groups is 2. The number of hydrogen-bond acceptors (Lipinski definition) is 9. The van der Waals surface area contributed by atoms with E-state index in [1.807, 2.05) is 0 Å². The molecule has 1 aliphatic heterocycles. The zero-order valence-electron chi connectivity index (χ0n) is 10.8. The van der Waals surface area contributed by atoms with Crippen molar-refractivity contribution in [3.8, 4) is 0 Å². The predicted molar refractivity (Wildman–Crippen MR) is 64.5 cm³/mol. The van der Waals surface area contributed by atoms with Gasteiger partial charge in [-0.05, 0) is 0 Å². The largest absolute Gasteiger partial charge is 0.462 e. The number of nitrogens with zero attached hydrogens (tertiary/aromatic N) is 3. The molecular weight excluding hydrogens is 286 g/mol. The van der Waals surface area contributed by atoms with Crippen LogP contribution in [0, 0.1) is 0 Å². The van der Waals surface area contributed by atoms with E-state index >= 15 is 0 Å². The molecule has 4 atom stereocenters. The molecule has 1 fully saturated rings. The average Bonchev–Trinajstić information content (AvgIpc) is 3.04. The van der Waals surface area contributed by atoms with Crippen molar-refractivity contribution in [1.82, 2.24) is 14.8 Å². The van der Waals surface area contributed by atoms with Crippen LogP contribution < -0.4 is 11.5 Å². The number of hydrogen-bond donors (Lipinski definition) is 4. The van der Waals surface area contributed by atoms with Crippen molar-refractivity contribution in [2.45, 2.75) is 24.5 Å². The Morgan fingerprint density at radius 3 is 2.71 bits per heavy atom. The summed E-state index contributed by atoms with van der Waals surface area (Å²) in [6.07, 6.45) is -3.55. The number of carbonyl (C=O) groups excluding carboxylic acids is 2. The number of primary amides is 1. The first-order valence-corrected chi connectivity index (χ1v) is 6.02. The summed E-state index contributed by atoms with van der Waals surface area (Å²) < 4.78 is 11.1.